The van der Waals surface area contributed by atoms with Crippen molar-refractivity contribution in [2.75, 3.05) is 7.11 Å². The smallest absolute Gasteiger partial charge is 0.217 e. The molecule has 0 unspecified atom stereocenters. The fraction of sp³-hybridized carbons (Fsp3) is 0.318. The third-order valence-corrected chi connectivity index (χ3v) is 4.04. The summed E-state index contributed by atoms with van der Waals surface area (Å²) >= 11 is 0. The number of methoxy groups -OCH3 is 1. The molecule has 3 aromatic rings. The Bertz CT molecular complexity index is 791. The van der Waals surface area contributed by atoms with Gasteiger partial charge in [-0.15, -0.1) is 0 Å². The summed E-state index contributed by atoms with van der Waals surface area (Å²) in [5.74, 6) is 0.720. The molecule has 0 saturated carbocycles. The zero-order chi connectivity index (χ0) is 17.5. The molecular weight excluding hydrogens is 294 g/mol. The number of hydrogen-bond acceptors (Lipinski definition) is 2. The van der Waals surface area contributed by atoms with E-state index in [2.05, 4.69) is 67.4 Å². The van der Waals surface area contributed by atoms with Crippen molar-refractivity contribution in [1.29, 1.82) is 0 Å². The summed E-state index contributed by atoms with van der Waals surface area (Å²) in [6.45, 7) is 8.28. The van der Waals surface area contributed by atoms with Gasteiger partial charge in [-0.25, -0.2) is 4.98 Å². The summed E-state index contributed by atoms with van der Waals surface area (Å²) < 4.78 is 5.49. The number of pyridine rings is 1. The van der Waals surface area contributed by atoms with Crippen LogP contribution < -0.4 is 4.74 Å². The van der Waals surface area contributed by atoms with E-state index in [4.69, 9.17) is 4.74 Å². The fourth-order valence-electron chi connectivity index (χ4n) is 2.70. The van der Waals surface area contributed by atoms with Crippen molar-refractivity contribution in [1.82, 2.24) is 4.98 Å². The molecule has 0 amide bonds. The summed E-state index contributed by atoms with van der Waals surface area (Å²) in [5, 5.41) is 1.18. The first-order chi connectivity index (χ1) is 11.7. The summed E-state index contributed by atoms with van der Waals surface area (Å²) in [4.78, 5) is 4.66. The summed E-state index contributed by atoms with van der Waals surface area (Å²) in [7, 11) is 1.69. The van der Waals surface area contributed by atoms with Crippen LogP contribution in [0.15, 0.2) is 48.5 Å². The van der Waals surface area contributed by atoms with Crippen LogP contribution in [0.1, 0.15) is 43.0 Å². The highest BCUT2D eigenvalue weighted by Crippen LogP contribution is 2.25. The van der Waals surface area contributed by atoms with Gasteiger partial charge in [-0.2, -0.15) is 0 Å². The molecule has 126 valence electrons. The molecular formula is C22H27NO. The van der Waals surface area contributed by atoms with Crippen molar-refractivity contribution in [3.63, 3.8) is 0 Å². The molecule has 3 rings (SSSR count). The Morgan fingerprint density at radius 1 is 0.917 bits per heavy atom. The van der Waals surface area contributed by atoms with E-state index >= 15 is 0 Å². The maximum absolute atomic E-state index is 5.49. The number of hydrogen-bond donors (Lipinski definition) is 0. The fourth-order valence-corrected chi connectivity index (χ4v) is 2.70. The van der Waals surface area contributed by atoms with Crippen molar-refractivity contribution >= 4 is 10.9 Å². The Morgan fingerprint density at radius 3 is 2.21 bits per heavy atom. The monoisotopic (exact) mass is 321 g/mol. The molecule has 0 spiro atoms. The third-order valence-electron chi connectivity index (χ3n) is 4.04. The molecule has 0 radical (unpaired) electrons. The zero-order valence-electron chi connectivity index (χ0n) is 15.4. The lowest BCUT2D eigenvalue weighted by atomic mass is 10.0. The summed E-state index contributed by atoms with van der Waals surface area (Å²) in [6, 6.07) is 17.3. The average Bonchev–Trinajstić information content (AvgIpc) is 2.64. The second kappa shape index (κ2) is 8.49. The maximum atomic E-state index is 5.49. The SMILES string of the molecule is CC.CCc1ccc2nc(OC)c(Cc3ccc(C)cc3)cc2c1. The molecule has 0 bridgehead atoms. The molecule has 1 heterocycles. The zero-order valence-corrected chi connectivity index (χ0v) is 15.4. The largest absolute Gasteiger partial charge is 0.481 e. The Labute approximate surface area is 145 Å². The highest BCUT2D eigenvalue weighted by Gasteiger charge is 2.09. The van der Waals surface area contributed by atoms with Crippen molar-refractivity contribution in [3.8, 4) is 5.88 Å². The lowest BCUT2D eigenvalue weighted by Crippen LogP contribution is -1.98. The van der Waals surface area contributed by atoms with Crippen LogP contribution in [0.2, 0.25) is 0 Å². The van der Waals surface area contributed by atoms with Gasteiger partial charge in [0.25, 0.3) is 0 Å². The number of fused-ring (bicyclic) bond motifs is 1. The number of aryl methyl sites for hydroxylation is 2. The van der Waals surface area contributed by atoms with Crippen molar-refractivity contribution in [2.45, 2.75) is 40.5 Å². The van der Waals surface area contributed by atoms with Crippen molar-refractivity contribution in [2.24, 2.45) is 0 Å². The topological polar surface area (TPSA) is 22.1 Å². The number of nitrogens with zero attached hydrogens (tertiary/aromatic N) is 1. The first kappa shape index (κ1) is 18.0. The summed E-state index contributed by atoms with van der Waals surface area (Å²) in [6.07, 6.45) is 1.87. The van der Waals surface area contributed by atoms with E-state index in [9.17, 15) is 0 Å². The highest BCUT2D eigenvalue weighted by molar-refractivity contribution is 5.81. The molecule has 1 aromatic heterocycles. The normalized spacial score (nSPS) is 10.2. The first-order valence-corrected chi connectivity index (χ1v) is 8.71. The first-order valence-electron chi connectivity index (χ1n) is 8.71. The Morgan fingerprint density at radius 2 is 1.58 bits per heavy atom. The predicted molar refractivity (Wildman–Crippen MR) is 103 cm³/mol. The third kappa shape index (κ3) is 4.14. The maximum Gasteiger partial charge on any atom is 0.217 e. The molecule has 2 nitrogen and oxygen atoms in total. The van der Waals surface area contributed by atoms with Gasteiger partial charge in [0, 0.05) is 17.4 Å². The van der Waals surface area contributed by atoms with E-state index in [1.54, 1.807) is 7.11 Å². The molecule has 0 atom stereocenters. The van der Waals surface area contributed by atoms with Crippen LogP contribution in [-0.4, -0.2) is 12.1 Å². The number of ether oxygens (including phenoxy) is 1. The lowest BCUT2D eigenvalue weighted by molar-refractivity contribution is 0.395. The van der Waals surface area contributed by atoms with Crippen LogP contribution in [0.4, 0.5) is 0 Å². The van der Waals surface area contributed by atoms with E-state index in [1.807, 2.05) is 13.8 Å². The molecule has 2 heteroatoms. The van der Waals surface area contributed by atoms with Gasteiger partial charge >= 0.3 is 0 Å². The van der Waals surface area contributed by atoms with E-state index in [-0.39, 0.29) is 0 Å². The Balaban J connectivity index is 0.00000100. The number of aromatic nitrogens is 1. The van der Waals surface area contributed by atoms with E-state index in [1.165, 1.54) is 22.1 Å². The predicted octanol–water partition coefficient (Wildman–Crippen LogP) is 5.73. The van der Waals surface area contributed by atoms with Gasteiger partial charge in [0.2, 0.25) is 5.88 Å². The van der Waals surface area contributed by atoms with E-state index in [0.29, 0.717) is 0 Å². The van der Waals surface area contributed by atoms with Crippen LogP contribution in [-0.2, 0) is 12.8 Å². The molecule has 0 aliphatic carbocycles. The van der Waals surface area contributed by atoms with Gasteiger partial charge < -0.3 is 4.74 Å². The molecule has 0 N–H and O–H groups in total. The van der Waals surface area contributed by atoms with Crippen molar-refractivity contribution in [3.05, 3.63) is 70.8 Å². The van der Waals surface area contributed by atoms with Gasteiger partial charge in [0.1, 0.15) is 0 Å². The van der Waals surface area contributed by atoms with Crippen LogP contribution in [0, 0.1) is 6.92 Å². The minimum absolute atomic E-state index is 0.720. The van der Waals surface area contributed by atoms with Gasteiger partial charge in [0.15, 0.2) is 0 Å². The lowest BCUT2D eigenvalue weighted by Gasteiger charge is -2.10. The van der Waals surface area contributed by atoms with Gasteiger partial charge in [-0.1, -0.05) is 56.7 Å². The minimum Gasteiger partial charge on any atom is -0.481 e. The van der Waals surface area contributed by atoms with Gasteiger partial charge in [0.05, 0.1) is 12.6 Å². The van der Waals surface area contributed by atoms with E-state index < -0.39 is 0 Å². The van der Waals surface area contributed by atoms with Gasteiger partial charge in [-0.3, -0.25) is 0 Å². The molecule has 0 aliphatic rings. The van der Waals surface area contributed by atoms with Crippen LogP contribution in [0.5, 0.6) is 5.88 Å². The molecule has 0 saturated heterocycles. The van der Waals surface area contributed by atoms with Crippen LogP contribution in [0.3, 0.4) is 0 Å². The number of benzene rings is 2. The van der Waals surface area contributed by atoms with Gasteiger partial charge in [-0.05, 0) is 42.7 Å². The molecule has 24 heavy (non-hydrogen) atoms. The van der Waals surface area contributed by atoms with Crippen LogP contribution >= 0.6 is 0 Å². The molecule has 0 fully saturated rings. The molecule has 2 aromatic carbocycles. The average molecular weight is 321 g/mol. The second-order valence-corrected chi connectivity index (χ2v) is 5.70. The quantitative estimate of drug-likeness (QED) is 0.612. The Kier molecular flexibility index (Phi) is 6.36. The van der Waals surface area contributed by atoms with Crippen LogP contribution in [0.25, 0.3) is 10.9 Å². The second-order valence-electron chi connectivity index (χ2n) is 5.70. The van der Waals surface area contributed by atoms with E-state index in [0.717, 1.165) is 29.8 Å². The Hall–Kier alpha value is -2.35. The molecule has 0 aliphatic heterocycles. The standard InChI is InChI=1S/C20H21NO.C2H6/c1-4-15-9-10-19-17(11-15)13-18(20(21-19)22-3)12-16-7-5-14(2)6-8-16;1-2/h5-11,13H,4,12H2,1-3H3;1-2H3. The minimum atomic E-state index is 0.720. The highest BCUT2D eigenvalue weighted by atomic mass is 16.5. The summed E-state index contributed by atoms with van der Waals surface area (Å²) in [5.41, 5.74) is 6.01. The number of rotatable bonds is 4. The van der Waals surface area contributed by atoms with Crippen molar-refractivity contribution < 1.29 is 4.74 Å².